The van der Waals surface area contributed by atoms with Crippen LogP contribution in [0.4, 0.5) is 4.79 Å². The molecule has 0 aromatic carbocycles. The molecular formula is C26H51N3O7Si. The van der Waals surface area contributed by atoms with Gasteiger partial charge in [-0.25, -0.2) is 9.59 Å². The number of amides is 3. The van der Waals surface area contributed by atoms with Crippen LogP contribution in [0.3, 0.4) is 0 Å². The lowest BCUT2D eigenvalue weighted by atomic mass is 10.1. The minimum atomic E-state index is -2.25. The normalized spacial score (nSPS) is 14.8. The average Bonchev–Trinajstić information content (AvgIpc) is 2.72. The van der Waals surface area contributed by atoms with Gasteiger partial charge in [-0.15, -0.1) is 0 Å². The van der Waals surface area contributed by atoms with Gasteiger partial charge in [0.25, 0.3) is 0 Å². The first kappa shape index (κ1) is 34.9. The topological polar surface area (TPSA) is 132 Å². The van der Waals surface area contributed by atoms with Crippen molar-refractivity contribution in [2.24, 2.45) is 5.92 Å². The van der Waals surface area contributed by atoms with E-state index in [4.69, 9.17) is 13.9 Å². The second kappa shape index (κ2) is 14.7. The molecule has 0 aromatic rings. The number of hydrogen-bond acceptors (Lipinski definition) is 7. The lowest BCUT2D eigenvalue weighted by molar-refractivity contribution is -0.146. The van der Waals surface area contributed by atoms with E-state index in [-0.39, 0.29) is 16.9 Å². The number of nitrogens with one attached hydrogen (secondary N) is 3. The van der Waals surface area contributed by atoms with E-state index in [1.165, 1.54) is 7.11 Å². The van der Waals surface area contributed by atoms with Gasteiger partial charge < -0.3 is 29.9 Å². The molecule has 0 aliphatic rings. The summed E-state index contributed by atoms with van der Waals surface area (Å²) in [5.74, 6) is -1.71. The zero-order chi connectivity index (χ0) is 29.2. The van der Waals surface area contributed by atoms with Gasteiger partial charge in [0, 0.05) is 12.5 Å². The van der Waals surface area contributed by atoms with Gasteiger partial charge in [0.05, 0.1) is 13.2 Å². The first-order valence-electron chi connectivity index (χ1n) is 13.0. The third-order valence-electron chi connectivity index (χ3n) is 6.25. The molecule has 3 N–H and O–H groups in total. The fourth-order valence-electron chi connectivity index (χ4n) is 3.06. The van der Waals surface area contributed by atoms with Crippen LogP contribution in [0, 0.1) is 5.92 Å². The SMILES string of the molecule is COC(=O)[C@H](CCCCNC(=O)OC(C)(C)C)NC(=O)[C@@H](NC(=O)C(C)C)[C@@H](C)O[Si](C)(C)C(C)(C)C. The van der Waals surface area contributed by atoms with Crippen LogP contribution < -0.4 is 16.0 Å². The van der Waals surface area contributed by atoms with Gasteiger partial charge in [-0.2, -0.15) is 0 Å². The van der Waals surface area contributed by atoms with Crippen LogP contribution >= 0.6 is 0 Å². The highest BCUT2D eigenvalue weighted by Crippen LogP contribution is 2.37. The maximum absolute atomic E-state index is 13.3. The van der Waals surface area contributed by atoms with Gasteiger partial charge in [-0.1, -0.05) is 34.6 Å². The number of unbranched alkanes of at least 4 members (excludes halogenated alkanes) is 1. The first-order chi connectivity index (χ1) is 16.7. The van der Waals surface area contributed by atoms with Crippen molar-refractivity contribution in [3.63, 3.8) is 0 Å². The molecule has 10 nitrogen and oxygen atoms in total. The number of carbonyl (C=O) groups excluding carboxylic acids is 4. The minimum absolute atomic E-state index is 0.0910. The van der Waals surface area contributed by atoms with Crippen molar-refractivity contribution in [2.45, 2.75) is 123 Å². The molecule has 0 bridgehead atoms. The molecule has 0 aliphatic carbocycles. The largest absolute Gasteiger partial charge is 0.467 e. The summed E-state index contributed by atoms with van der Waals surface area (Å²) in [7, 11) is -0.989. The molecule has 37 heavy (non-hydrogen) atoms. The molecule has 3 amide bonds. The Morgan fingerprint density at radius 1 is 0.865 bits per heavy atom. The number of rotatable bonds is 13. The third kappa shape index (κ3) is 13.3. The average molecular weight is 546 g/mol. The highest BCUT2D eigenvalue weighted by molar-refractivity contribution is 6.74. The summed E-state index contributed by atoms with van der Waals surface area (Å²) >= 11 is 0. The van der Waals surface area contributed by atoms with Crippen LogP contribution in [0.25, 0.3) is 0 Å². The zero-order valence-corrected chi connectivity index (χ0v) is 26.0. The number of ether oxygens (including phenoxy) is 2. The van der Waals surface area contributed by atoms with Gasteiger partial charge in [-0.05, 0) is 65.1 Å². The maximum Gasteiger partial charge on any atom is 0.407 e. The van der Waals surface area contributed by atoms with Crippen molar-refractivity contribution in [1.82, 2.24) is 16.0 Å². The quantitative estimate of drug-likeness (QED) is 0.182. The highest BCUT2D eigenvalue weighted by atomic mass is 28.4. The first-order valence-corrected chi connectivity index (χ1v) is 16.0. The fraction of sp³-hybridized carbons (Fsp3) is 0.846. The molecule has 0 fully saturated rings. The van der Waals surface area contributed by atoms with Gasteiger partial charge in [-0.3, -0.25) is 9.59 Å². The molecule has 0 rings (SSSR count). The smallest absolute Gasteiger partial charge is 0.407 e. The van der Waals surface area contributed by atoms with Crippen molar-refractivity contribution in [3.8, 4) is 0 Å². The number of esters is 1. The summed E-state index contributed by atoms with van der Waals surface area (Å²) in [5, 5.41) is 8.12. The Morgan fingerprint density at radius 2 is 1.43 bits per heavy atom. The van der Waals surface area contributed by atoms with Gasteiger partial charge >= 0.3 is 12.1 Å². The van der Waals surface area contributed by atoms with E-state index >= 15 is 0 Å². The Balaban J connectivity index is 5.35. The van der Waals surface area contributed by atoms with Crippen molar-refractivity contribution >= 4 is 32.2 Å². The van der Waals surface area contributed by atoms with Gasteiger partial charge in [0.2, 0.25) is 11.8 Å². The molecule has 0 radical (unpaired) electrons. The number of carbonyl (C=O) groups is 4. The lowest BCUT2D eigenvalue weighted by Gasteiger charge is -2.40. The van der Waals surface area contributed by atoms with E-state index in [0.717, 1.165) is 0 Å². The molecular weight excluding hydrogens is 494 g/mol. The van der Waals surface area contributed by atoms with Gasteiger partial charge in [0.1, 0.15) is 17.7 Å². The molecule has 0 spiro atoms. The summed E-state index contributed by atoms with van der Waals surface area (Å²) in [6, 6.07) is -1.89. The van der Waals surface area contributed by atoms with Crippen LogP contribution in [0.2, 0.25) is 18.1 Å². The van der Waals surface area contributed by atoms with Crippen molar-refractivity contribution < 1.29 is 33.1 Å². The van der Waals surface area contributed by atoms with Crippen LogP contribution in [-0.4, -0.2) is 69.6 Å². The van der Waals surface area contributed by atoms with Crippen molar-refractivity contribution in [2.75, 3.05) is 13.7 Å². The van der Waals surface area contributed by atoms with E-state index in [9.17, 15) is 19.2 Å². The minimum Gasteiger partial charge on any atom is -0.467 e. The summed E-state index contributed by atoms with van der Waals surface area (Å²) in [6.07, 6.45) is 0.289. The predicted octanol–water partition coefficient (Wildman–Crippen LogP) is 3.89. The van der Waals surface area contributed by atoms with Gasteiger partial charge in [0.15, 0.2) is 8.32 Å². The predicted molar refractivity (Wildman–Crippen MR) is 147 cm³/mol. The standard InChI is InChI=1S/C26H51N3O7Si/c1-17(2)21(30)29-20(18(3)36-37(11,12)26(7,8)9)22(31)28-19(23(32)34-10)15-13-14-16-27-24(33)35-25(4,5)6/h17-20H,13-16H2,1-12H3,(H,27,33)(H,28,31)(H,29,30)/t18-,19+,20+/m1/s1. The number of hydrogen-bond donors (Lipinski definition) is 3. The third-order valence-corrected chi connectivity index (χ3v) is 10.8. The summed E-state index contributed by atoms with van der Waals surface area (Å²) in [6.45, 7) is 21.4. The second-order valence-corrected chi connectivity index (χ2v) is 17.0. The van der Waals surface area contributed by atoms with Crippen LogP contribution in [0.15, 0.2) is 0 Å². The van der Waals surface area contributed by atoms with Crippen LogP contribution in [0.5, 0.6) is 0 Å². The number of methoxy groups -OCH3 is 1. The fourth-order valence-corrected chi connectivity index (χ4v) is 4.48. The Hall–Kier alpha value is -2.14. The molecule has 3 atom stereocenters. The Morgan fingerprint density at radius 3 is 1.89 bits per heavy atom. The van der Waals surface area contributed by atoms with Crippen LogP contribution in [-0.2, 0) is 28.3 Å². The molecule has 11 heteroatoms. The number of alkyl carbamates (subject to hydrolysis) is 1. The molecule has 0 unspecified atom stereocenters. The lowest BCUT2D eigenvalue weighted by Crippen LogP contribution is -2.59. The van der Waals surface area contributed by atoms with E-state index < -0.39 is 50.1 Å². The van der Waals surface area contributed by atoms with E-state index in [1.807, 2.05) is 0 Å². The van der Waals surface area contributed by atoms with E-state index in [2.05, 4.69) is 49.8 Å². The van der Waals surface area contributed by atoms with Crippen molar-refractivity contribution in [1.29, 1.82) is 0 Å². The van der Waals surface area contributed by atoms with E-state index in [1.54, 1.807) is 41.5 Å². The Labute approximate surface area is 224 Å². The summed E-state index contributed by atoms with van der Waals surface area (Å²) < 4.78 is 16.5. The monoisotopic (exact) mass is 545 g/mol. The molecule has 0 aromatic heterocycles. The van der Waals surface area contributed by atoms with Crippen LogP contribution in [0.1, 0.15) is 81.6 Å². The molecule has 0 heterocycles. The highest BCUT2D eigenvalue weighted by Gasteiger charge is 2.41. The maximum atomic E-state index is 13.3. The summed E-state index contributed by atoms with van der Waals surface area (Å²) in [5.41, 5.74) is -0.586. The molecule has 0 saturated carbocycles. The zero-order valence-electron chi connectivity index (χ0n) is 25.0. The molecule has 0 saturated heterocycles. The molecule has 0 aliphatic heterocycles. The van der Waals surface area contributed by atoms with Crippen molar-refractivity contribution in [3.05, 3.63) is 0 Å². The second-order valence-electron chi connectivity index (χ2n) is 12.2. The molecule has 216 valence electrons. The Bertz CT molecular complexity index is 773. The Kier molecular flexibility index (Phi) is 13.9. The van der Waals surface area contributed by atoms with E-state index in [0.29, 0.717) is 25.8 Å². The summed E-state index contributed by atoms with van der Waals surface area (Å²) in [4.78, 5) is 50.1.